The number of carbonyl (C=O) groups excluding carboxylic acids is 1. The highest BCUT2D eigenvalue weighted by atomic mass is 16.3. The Morgan fingerprint density at radius 2 is 1.77 bits per heavy atom. The second-order valence-electron chi connectivity index (χ2n) is 7.16. The van der Waals surface area contributed by atoms with Gasteiger partial charge in [0.25, 0.3) is 0 Å². The molecule has 0 saturated carbocycles. The number of nitrogens with zero attached hydrogens (tertiary/aromatic N) is 1. The minimum Gasteiger partial charge on any atom is -0.507 e. The maximum Gasteiger partial charge on any atom is 0.227 e. The third-order valence-corrected chi connectivity index (χ3v) is 5.20. The first-order chi connectivity index (χ1) is 12.6. The van der Waals surface area contributed by atoms with Crippen LogP contribution in [0.5, 0.6) is 5.75 Å². The predicted octanol–water partition coefficient (Wildman–Crippen LogP) is 5.49. The maximum absolute atomic E-state index is 12.6. The summed E-state index contributed by atoms with van der Waals surface area (Å²) >= 11 is 0. The summed E-state index contributed by atoms with van der Waals surface area (Å²) in [5, 5.41) is 10.7. The third-order valence-electron chi connectivity index (χ3n) is 5.20. The quantitative estimate of drug-likeness (QED) is 0.421. The molecule has 0 saturated heterocycles. The van der Waals surface area contributed by atoms with E-state index in [1.165, 1.54) is 25.7 Å². The number of carbonyl (C=O) groups is 1. The van der Waals surface area contributed by atoms with Crippen LogP contribution in [-0.2, 0) is 24.1 Å². The Kier molecular flexibility index (Phi) is 7.96. The molecule has 1 aromatic carbocycles. The van der Waals surface area contributed by atoms with Gasteiger partial charge in [0.1, 0.15) is 5.75 Å². The standard InChI is InChI=1S/C23H33NO2/c1-4-7-8-9-10-11-16-24-21-17-18(12-5-2)23(26)20(13-6-3)19(21)14-15-22(24)25/h5-6,17,26H,2-4,7-16H2,1H3. The average Bonchev–Trinajstić information content (AvgIpc) is 2.63. The first-order valence-electron chi connectivity index (χ1n) is 10.0. The number of hydrogen-bond acceptors (Lipinski definition) is 2. The highest BCUT2D eigenvalue weighted by molar-refractivity contribution is 5.97. The van der Waals surface area contributed by atoms with Crippen LogP contribution < -0.4 is 4.90 Å². The highest BCUT2D eigenvalue weighted by Crippen LogP contribution is 2.39. The van der Waals surface area contributed by atoms with E-state index < -0.39 is 0 Å². The van der Waals surface area contributed by atoms with E-state index in [4.69, 9.17) is 0 Å². The van der Waals surface area contributed by atoms with Crippen LogP contribution in [-0.4, -0.2) is 17.6 Å². The van der Waals surface area contributed by atoms with Crippen LogP contribution in [0.4, 0.5) is 5.69 Å². The van der Waals surface area contributed by atoms with Gasteiger partial charge in [0, 0.05) is 24.2 Å². The Morgan fingerprint density at radius 1 is 1.08 bits per heavy atom. The number of rotatable bonds is 11. The van der Waals surface area contributed by atoms with Crippen LogP contribution in [0.3, 0.4) is 0 Å². The van der Waals surface area contributed by atoms with Crippen molar-refractivity contribution >= 4 is 11.6 Å². The molecule has 0 spiro atoms. The minimum absolute atomic E-state index is 0.200. The lowest BCUT2D eigenvalue weighted by Gasteiger charge is -2.32. The Balaban J connectivity index is 2.23. The lowest BCUT2D eigenvalue weighted by atomic mass is 9.90. The fourth-order valence-corrected chi connectivity index (χ4v) is 3.80. The second-order valence-corrected chi connectivity index (χ2v) is 7.16. The Hall–Kier alpha value is -2.03. The van der Waals surface area contributed by atoms with Crippen molar-refractivity contribution in [3.05, 3.63) is 48.1 Å². The predicted molar refractivity (Wildman–Crippen MR) is 110 cm³/mol. The van der Waals surface area contributed by atoms with Gasteiger partial charge in [0.05, 0.1) is 0 Å². The Bertz CT molecular complexity index is 648. The zero-order chi connectivity index (χ0) is 18.9. The number of phenolic OH excluding ortho intramolecular Hbond substituents is 1. The summed E-state index contributed by atoms with van der Waals surface area (Å²) in [6.07, 6.45) is 13.3. The molecule has 1 aliphatic rings. The van der Waals surface area contributed by atoms with E-state index in [0.29, 0.717) is 31.4 Å². The first kappa shape index (κ1) is 20.3. The van der Waals surface area contributed by atoms with Crippen molar-refractivity contribution in [1.82, 2.24) is 0 Å². The van der Waals surface area contributed by atoms with Gasteiger partial charge in [-0.1, -0.05) is 51.2 Å². The zero-order valence-electron chi connectivity index (χ0n) is 16.2. The van der Waals surface area contributed by atoms with Crippen LogP contribution in [0.2, 0.25) is 0 Å². The summed E-state index contributed by atoms with van der Waals surface area (Å²) in [5.74, 6) is 0.545. The summed E-state index contributed by atoms with van der Waals surface area (Å²) in [7, 11) is 0. The van der Waals surface area contributed by atoms with E-state index in [-0.39, 0.29) is 5.91 Å². The molecule has 0 atom stereocenters. The van der Waals surface area contributed by atoms with E-state index in [9.17, 15) is 9.90 Å². The van der Waals surface area contributed by atoms with Gasteiger partial charge in [-0.25, -0.2) is 0 Å². The maximum atomic E-state index is 12.6. The van der Waals surface area contributed by atoms with Crippen LogP contribution in [0.15, 0.2) is 31.4 Å². The molecule has 1 heterocycles. The molecule has 26 heavy (non-hydrogen) atoms. The lowest BCUT2D eigenvalue weighted by molar-refractivity contribution is -0.118. The van der Waals surface area contributed by atoms with E-state index in [2.05, 4.69) is 20.1 Å². The van der Waals surface area contributed by atoms with Crippen LogP contribution in [0, 0.1) is 0 Å². The smallest absolute Gasteiger partial charge is 0.227 e. The van der Waals surface area contributed by atoms with E-state index in [0.717, 1.165) is 41.8 Å². The summed E-state index contributed by atoms with van der Waals surface area (Å²) in [5.41, 5.74) is 3.87. The summed E-state index contributed by atoms with van der Waals surface area (Å²) in [6.45, 7) is 10.6. The third kappa shape index (κ3) is 4.78. The fraction of sp³-hybridized carbons (Fsp3) is 0.522. The van der Waals surface area contributed by atoms with Crippen molar-refractivity contribution in [2.45, 2.75) is 71.1 Å². The van der Waals surface area contributed by atoms with Gasteiger partial charge in [-0.2, -0.15) is 0 Å². The first-order valence-corrected chi connectivity index (χ1v) is 10.0. The normalized spacial score (nSPS) is 13.6. The number of benzene rings is 1. The number of allylic oxidation sites excluding steroid dienone is 2. The van der Waals surface area contributed by atoms with Gasteiger partial charge in [0.15, 0.2) is 0 Å². The molecule has 1 amide bonds. The van der Waals surface area contributed by atoms with Crippen LogP contribution >= 0.6 is 0 Å². The van der Waals surface area contributed by atoms with E-state index >= 15 is 0 Å². The van der Waals surface area contributed by atoms with Gasteiger partial charge >= 0.3 is 0 Å². The number of fused-ring (bicyclic) bond motifs is 1. The van der Waals surface area contributed by atoms with Crippen molar-refractivity contribution in [2.24, 2.45) is 0 Å². The summed E-state index contributed by atoms with van der Waals surface area (Å²) < 4.78 is 0. The molecule has 1 aromatic rings. The molecule has 0 fully saturated rings. The molecule has 0 aliphatic carbocycles. The number of unbranched alkanes of at least 4 members (excludes halogenated alkanes) is 5. The number of aromatic hydroxyl groups is 1. The lowest BCUT2D eigenvalue weighted by Crippen LogP contribution is -2.36. The molecule has 1 aliphatic heterocycles. The molecule has 142 valence electrons. The largest absolute Gasteiger partial charge is 0.507 e. The van der Waals surface area contributed by atoms with E-state index in [1.807, 2.05) is 17.0 Å². The average molecular weight is 356 g/mol. The fourth-order valence-electron chi connectivity index (χ4n) is 3.80. The Labute approximate surface area is 158 Å². The molecular weight excluding hydrogens is 322 g/mol. The molecular formula is C23H33NO2. The van der Waals surface area contributed by atoms with Gasteiger partial charge < -0.3 is 10.0 Å². The molecule has 3 nitrogen and oxygen atoms in total. The molecule has 2 rings (SSSR count). The minimum atomic E-state index is 0.200. The molecule has 3 heteroatoms. The number of phenols is 1. The molecule has 0 bridgehead atoms. The number of hydrogen-bond donors (Lipinski definition) is 1. The second kappa shape index (κ2) is 10.2. The van der Waals surface area contributed by atoms with Gasteiger partial charge in [-0.15, -0.1) is 13.2 Å². The SMILES string of the molecule is C=CCc1cc2c(c(CC=C)c1O)CCC(=O)N2CCCCCCCC. The van der Waals surface area contributed by atoms with Gasteiger partial charge in [0.2, 0.25) is 5.91 Å². The van der Waals surface area contributed by atoms with Crippen LogP contribution in [0.25, 0.3) is 0 Å². The molecule has 1 N–H and O–H groups in total. The van der Waals surface area contributed by atoms with E-state index in [1.54, 1.807) is 6.08 Å². The summed E-state index contributed by atoms with van der Waals surface area (Å²) in [6, 6.07) is 1.99. The van der Waals surface area contributed by atoms with Crippen molar-refractivity contribution in [1.29, 1.82) is 0 Å². The van der Waals surface area contributed by atoms with Crippen LogP contribution in [0.1, 0.15) is 68.6 Å². The van der Waals surface area contributed by atoms with Crippen molar-refractivity contribution in [3.8, 4) is 5.75 Å². The number of anilines is 1. The summed E-state index contributed by atoms with van der Waals surface area (Å²) in [4.78, 5) is 14.5. The monoisotopic (exact) mass is 355 g/mol. The van der Waals surface area contributed by atoms with Crippen molar-refractivity contribution < 1.29 is 9.90 Å². The molecule has 0 unspecified atom stereocenters. The molecule has 0 aromatic heterocycles. The molecule has 0 radical (unpaired) electrons. The topological polar surface area (TPSA) is 40.5 Å². The Morgan fingerprint density at radius 3 is 2.46 bits per heavy atom. The van der Waals surface area contributed by atoms with Gasteiger partial charge in [-0.3, -0.25) is 4.79 Å². The highest BCUT2D eigenvalue weighted by Gasteiger charge is 2.28. The number of amides is 1. The van der Waals surface area contributed by atoms with Crippen molar-refractivity contribution in [3.63, 3.8) is 0 Å². The van der Waals surface area contributed by atoms with Crippen molar-refractivity contribution in [2.75, 3.05) is 11.4 Å². The van der Waals surface area contributed by atoms with Gasteiger partial charge in [-0.05, 0) is 42.9 Å². The zero-order valence-corrected chi connectivity index (χ0v) is 16.2.